The van der Waals surface area contributed by atoms with Crippen molar-refractivity contribution in [1.29, 1.82) is 0 Å². The highest BCUT2D eigenvalue weighted by Crippen LogP contribution is 2.29. The molecular weight excluding hydrogens is 334 g/mol. The number of anilines is 1. The topological polar surface area (TPSA) is 93.2 Å². The van der Waals surface area contributed by atoms with Crippen molar-refractivity contribution in [2.24, 2.45) is 0 Å². The average Bonchev–Trinajstić information content (AvgIpc) is 3.26. The van der Waals surface area contributed by atoms with E-state index in [-0.39, 0.29) is 30.8 Å². The summed E-state index contributed by atoms with van der Waals surface area (Å²) in [5, 5.41) is 13.6. The molecule has 8 nitrogen and oxygen atoms in total. The van der Waals surface area contributed by atoms with Gasteiger partial charge in [-0.25, -0.2) is 4.98 Å². The number of aromatic nitrogens is 1. The van der Waals surface area contributed by atoms with Gasteiger partial charge in [-0.05, 0) is 6.92 Å². The molecule has 3 saturated heterocycles. The van der Waals surface area contributed by atoms with Crippen LogP contribution in [0.4, 0.5) is 5.13 Å². The minimum absolute atomic E-state index is 0.163. The van der Waals surface area contributed by atoms with Gasteiger partial charge in [-0.15, -0.1) is 0 Å². The summed E-state index contributed by atoms with van der Waals surface area (Å²) in [6.07, 6.45) is -1.24. The number of hydrogen-bond acceptors (Lipinski definition) is 8. The van der Waals surface area contributed by atoms with E-state index in [4.69, 9.17) is 14.2 Å². The number of fused-ring (bicyclic) bond motifs is 1. The number of aliphatic hydroxyl groups is 1. The van der Waals surface area contributed by atoms with E-state index in [1.165, 1.54) is 11.3 Å². The summed E-state index contributed by atoms with van der Waals surface area (Å²) in [6, 6.07) is -0.243. The fraction of sp³-hybridized carbons (Fsp3) is 0.733. The van der Waals surface area contributed by atoms with Crippen LogP contribution in [0, 0.1) is 6.92 Å². The molecule has 3 aliphatic heterocycles. The smallest absolute Gasteiger partial charge is 0.263 e. The van der Waals surface area contributed by atoms with E-state index >= 15 is 0 Å². The zero-order valence-electron chi connectivity index (χ0n) is 13.4. The van der Waals surface area contributed by atoms with Crippen molar-refractivity contribution in [3.8, 4) is 0 Å². The number of amides is 1. The lowest BCUT2D eigenvalue weighted by Crippen LogP contribution is -2.44. The highest BCUT2D eigenvalue weighted by atomic mass is 32.1. The molecule has 24 heavy (non-hydrogen) atoms. The summed E-state index contributed by atoms with van der Waals surface area (Å²) in [5.74, 6) is -0.163. The molecule has 4 rings (SSSR count). The summed E-state index contributed by atoms with van der Waals surface area (Å²) < 4.78 is 16.4. The van der Waals surface area contributed by atoms with Crippen molar-refractivity contribution in [3.63, 3.8) is 0 Å². The lowest BCUT2D eigenvalue weighted by Gasteiger charge is -2.26. The zero-order valence-corrected chi connectivity index (χ0v) is 14.3. The summed E-state index contributed by atoms with van der Waals surface area (Å²) in [7, 11) is 0. The molecule has 1 aromatic heterocycles. The lowest BCUT2D eigenvalue weighted by molar-refractivity contribution is 0.0178. The maximum atomic E-state index is 12.6. The molecule has 3 aliphatic rings. The number of nitrogens with one attached hydrogen (secondary N) is 1. The Hall–Kier alpha value is -1.26. The number of thiazole rings is 1. The fourth-order valence-electron chi connectivity index (χ4n) is 3.32. The van der Waals surface area contributed by atoms with Gasteiger partial charge >= 0.3 is 0 Å². The number of ether oxygens (including phenoxy) is 3. The van der Waals surface area contributed by atoms with Crippen LogP contribution >= 0.6 is 11.3 Å². The molecule has 1 aromatic rings. The molecule has 0 aliphatic carbocycles. The molecular formula is C15H21N3O5S. The molecule has 1 amide bonds. The molecule has 0 radical (unpaired) electrons. The monoisotopic (exact) mass is 355 g/mol. The van der Waals surface area contributed by atoms with Crippen LogP contribution in [0.2, 0.25) is 0 Å². The Morgan fingerprint density at radius 2 is 2.04 bits per heavy atom. The number of aliphatic hydroxyl groups excluding tert-OH is 1. The molecule has 4 heterocycles. The van der Waals surface area contributed by atoms with Crippen LogP contribution in [0.3, 0.4) is 0 Å². The Kier molecular flexibility index (Phi) is 4.44. The summed E-state index contributed by atoms with van der Waals surface area (Å²) in [5.41, 5.74) is 0.724. The van der Waals surface area contributed by atoms with Crippen molar-refractivity contribution in [1.82, 2.24) is 10.3 Å². The molecule has 0 unspecified atom stereocenters. The van der Waals surface area contributed by atoms with Gasteiger partial charge in [0.25, 0.3) is 5.91 Å². The largest absolute Gasteiger partial charge is 0.388 e. The second-order valence-electron chi connectivity index (χ2n) is 6.25. The Balaban J connectivity index is 1.44. The molecule has 0 saturated carbocycles. The van der Waals surface area contributed by atoms with E-state index in [1.54, 1.807) is 0 Å². The third kappa shape index (κ3) is 2.91. The predicted octanol–water partition coefficient (Wildman–Crippen LogP) is -0.455. The van der Waals surface area contributed by atoms with Crippen molar-refractivity contribution in [2.45, 2.75) is 31.3 Å². The maximum absolute atomic E-state index is 12.6. The lowest BCUT2D eigenvalue weighted by atomic mass is 10.1. The number of rotatable bonds is 3. The SMILES string of the molecule is Cc1nc(N2CCOCC2)sc1C(=O)N[C@@H]1CO[C@H]2[C@@H]1OC[C@H]2O. The van der Waals surface area contributed by atoms with Crippen LogP contribution in [0.25, 0.3) is 0 Å². The number of aryl methyl sites for hydroxylation is 1. The minimum Gasteiger partial charge on any atom is -0.388 e. The van der Waals surface area contributed by atoms with Gasteiger partial charge in [0.05, 0.1) is 38.2 Å². The summed E-state index contributed by atoms with van der Waals surface area (Å²) in [6.45, 7) is 5.40. The van der Waals surface area contributed by atoms with Gasteiger partial charge in [0, 0.05) is 13.1 Å². The second-order valence-corrected chi connectivity index (χ2v) is 7.23. The molecule has 4 atom stereocenters. The van der Waals surface area contributed by atoms with Gasteiger partial charge < -0.3 is 29.5 Å². The number of carbonyl (C=O) groups is 1. The van der Waals surface area contributed by atoms with Crippen molar-refractivity contribution < 1.29 is 24.1 Å². The van der Waals surface area contributed by atoms with E-state index < -0.39 is 6.10 Å². The summed E-state index contributed by atoms with van der Waals surface area (Å²) >= 11 is 1.40. The number of carbonyl (C=O) groups excluding carboxylic acids is 1. The third-order valence-corrected chi connectivity index (χ3v) is 5.83. The van der Waals surface area contributed by atoms with Crippen LogP contribution in [-0.2, 0) is 14.2 Å². The van der Waals surface area contributed by atoms with Gasteiger partial charge in [-0.2, -0.15) is 0 Å². The molecule has 9 heteroatoms. The highest BCUT2D eigenvalue weighted by molar-refractivity contribution is 7.17. The van der Waals surface area contributed by atoms with E-state index in [9.17, 15) is 9.90 Å². The zero-order chi connectivity index (χ0) is 16.7. The average molecular weight is 355 g/mol. The van der Waals surface area contributed by atoms with Crippen LogP contribution in [0.5, 0.6) is 0 Å². The van der Waals surface area contributed by atoms with Gasteiger partial charge in [0.15, 0.2) is 5.13 Å². The maximum Gasteiger partial charge on any atom is 0.263 e. The Bertz CT molecular complexity index is 618. The molecule has 2 N–H and O–H groups in total. The first-order chi connectivity index (χ1) is 11.6. The normalized spacial score (nSPS) is 32.8. The third-order valence-electron chi connectivity index (χ3n) is 4.62. The Labute approximate surface area is 143 Å². The van der Waals surface area contributed by atoms with Crippen LogP contribution in [0.15, 0.2) is 0 Å². The summed E-state index contributed by atoms with van der Waals surface area (Å²) in [4.78, 5) is 19.9. The number of hydrogen-bond donors (Lipinski definition) is 2. The number of morpholine rings is 1. The predicted molar refractivity (Wildman–Crippen MR) is 86.6 cm³/mol. The van der Waals surface area contributed by atoms with E-state index in [1.807, 2.05) is 6.92 Å². The molecule has 0 spiro atoms. The van der Waals surface area contributed by atoms with Gasteiger partial charge in [-0.3, -0.25) is 4.79 Å². The first kappa shape index (κ1) is 16.2. The second kappa shape index (κ2) is 6.57. The van der Waals surface area contributed by atoms with E-state index in [0.29, 0.717) is 24.7 Å². The first-order valence-corrected chi connectivity index (χ1v) is 8.97. The van der Waals surface area contributed by atoms with Gasteiger partial charge in [0.1, 0.15) is 23.2 Å². The van der Waals surface area contributed by atoms with Gasteiger partial charge in [0.2, 0.25) is 0 Å². The van der Waals surface area contributed by atoms with Crippen molar-refractivity contribution in [2.75, 3.05) is 44.4 Å². The molecule has 132 valence electrons. The van der Waals surface area contributed by atoms with Crippen LogP contribution < -0.4 is 10.2 Å². The van der Waals surface area contributed by atoms with Crippen LogP contribution in [0.1, 0.15) is 15.4 Å². The Morgan fingerprint density at radius 1 is 1.29 bits per heavy atom. The van der Waals surface area contributed by atoms with E-state index in [2.05, 4.69) is 15.2 Å². The minimum atomic E-state index is -0.616. The molecule has 0 aromatic carbocycles. The standard InChI is InChI=1S/C15H21N3O5S/c1-8-13(24-15(16-8)18-2-4-21-5-3-18)14(20)17-9-6-22-12-10(19)7-23-11(9)12/h9-12,19H,2-7H2,1H3,(H,17,20)/t9-,10-,11-,12-/m1/s1. The quantitative estimate of drug-likeness (QED) is 0.758. The molecule has 3 fully saturated rings. The van der Waals surface area contributed by atoms with Gasteiger partial charge in [-0.1, -0.05) is 11.3 Å². The molecule has 0 bridgehead atoms. The van der Waals surface area contributed by atoms with E-state index in [0.717, 1.165) is 23.9 Å². The van der Waals surface area contributed by atoms with Crippen molar-refractivity contribution in [3.05, 3.63) is 10.6 Å². The Morgan fingerprint density at radius 3 is 2.83 bits per heavy atom. The highest BCUT2D eigenvalue weighted by Gasteiger charge is 2.47. The van der Waals surface area contributed by atoms with Crippen molar-refractivity contribution >= 4 is 22.4 Å². The number of nitrogens with zero attached hydrogens (tertiary/aromatic N) is 2. The first-order valence-electron chi connectivity index (χ1n) is 8.16. The van der Waals surface area contributed by atoms with Crippen LogP contribution in [-0.4, -0.2) is 79.9 Å². The fourth-order valence-corrected chi connectivity index (χ4v) is 4.34.